The predicted molar refractivity (Wildman–Crippen MR) is 89.2 cm³/mol. The maximum absolute atomic E-state index is 13.3. The first-order valence-electron chi connectivity index (χ1n) is 8.20. The highest BCUT2D eigenvalue weighted by molar-refractivity contribution is 5.57. The molecule has 0 radical (unpaired) electrons. The van der Waals surface area contributed by atoms with Crippen LogP contribution >= 0.6 is 0 Å². The molecule has 0 spiro atoms. The van der Waals surface area contributed by atoms with Crippen molar-refractivity contribution in [3.63, 3.8) is 0 Å². The Balaban J connectivity index is 1.96. The number of alkyl halides is 3. The van der Waals surface area contributed by atoms with Crippen molar-refractivity contribution in [2.24, 2.45) is 0 Å². The Morgan fingerprint density at radius 3 is 2.76 bits per heavy atom. The number of halogens is 3. The van der Waals surface area contributed by atoms with Gasteiger partial charge in [0.05, 0.1) is 0 Å². The van der Waals surface area contributed by atoms with E-state index < -0.39 is 11.9 Å². The molecule has 1 aliphatic heterocycles. The highest BCUT2D eigenvalue weighted by Gasteiger charge is 2.35. The van der Waals surface area contributed by atoms with Gasteiger partial charge in [0.2, 0.25) is 0 Å². The minimum Gasteiger partial charge on any atom is -0.355 e. The fourth-order valence-electron chi connectivity index (χ4n) is 2.93. The van der Waals surface area contributed by atoms with Crippen LogP contribution < -0.4 is 4.90 Å². The average Bonchev–Trinajstić information content (AvgIpc) is 3.11. The van der Waals surface area contributed by atoms with Crippen molar-refractivity contribution >= 4 is 5.82 Å². The Hall–Kier alpha value is -2.22. The second kappa shape index (κ2) is 6.95. The summed E-state index contributed by atoms with van der Waals surface area (Å²) in [7, 11) is 2.02. The van der Waals surface area contributed by atoms with E-state index in [2.05, 4.69) is 26.8 Å². The van der Waals surface area contributed by atoms with E-state index in [-0.39, 0.29) is 5.82 Å². The quantitative estimate of drug-likeness (QED) is 0.847. The highest BCUT2D eigenvalue weighted by atomic mass is 19.4. The second-order valence-electron chi connectivity index (χ2n) is 6.14. The third-order valence-electron chi connectivity index (χ3n) is 4.53. The predicted octanol–water partition coefficient (Wildman–Crippen LogP) is 3.09. The minimum absolute atomic E-state index is 0.0465. The lowest BCUT2D eigenvalue weighted by molar-refractivity contribution is -0.141. The molecule has 0 saturated carbocycles. The summed E-state index contributed by atoms with van der Waals surface area (Å²) >= 11 is 0. The Bertz CT molecular complexity index is 720. The molecule has 1 saturated heterocycles. The number of aromatic nitrogens is 3. The summed E-state index contributed by atoms with van der Waals surface area (Å²) in [5, 5.41) is 0. The van der Waals surface area contributed by atoms with Crippen LogP contribution in [0.1, 0.15) is 19.0 Å². The standard InChI is InChI=1S/C17H20F3N5/c1-3-24(2)13-6-8-25(11-13)15-9-14(17(18,19)20)22-16(23-15)12-5-4-7-21-10-12/h4-5,7,9-10,13H,3,6,8,11H2,1-2H3. The number of rotatable bonds is 4. The first-order chi connectivity index (χ1) is 11.9. The summed E-state index contributed by atoms with van der Waals surface area (Å²) in [5.41, 5.74) is -0.458. The van der Waals surface area contributed by atoms with Gasteiger partial charge in [-0.3, -0.25) is 4.98 Å². The molecule has 5 nitrogen and oxygen atoms in total. The number of pyridine rings is 1. The van der Waals surface area contributed by atoms with E-state index in [1.165, 1.54) is 6.20 Å². The molecule has 2 aromatic heterocycles. The molecule has 8 heteroatoms. The van der Waals surface area contributed by atoms with Crippen LogP contribution in [0.5, 0.6) is 0 Å². The van der Waals surface area contributed by atoms with Crippen LogP contribution in [0.15, 0.2) is 30.6 Å². The number of likely N-dealkylation sites (N-methyl/N-ethyl adjacent to an activating group) is 1. The summed E-state index contributed by atoms with van der Waals surface area (Å²) in [6.45, 7) is 4.30. The molecule has 0 N–H and O–H groups in total. The molecular formula is C17H20F3N5. The van der Waals surface area contributed by atoms with Crippen molar-refractivity contribution in [3.8, 4) is 11.4 Å². The van der Waals surface area contributed by atoms with Gasteiger partial charge >= 0.3 is 6.18 Å². The fourth-order valence-corrected chi connectivity index (χ4v) is 2.93. The Labute approximate surface area is 144 Å². The largest absolute Gasteiger partial charge is 0.433 e. The molecule has 0 amide bonds. The normalized spacial score (nSPS) is 18.2. The van der Waals surface area contributed by atoms with Crippen molar-refractivity contribution in [1.29, 1.82) is 0 Å². The van der Waals surface area contributed by atoms with Gasteiger partial charge in [-0.1, -0.05) is 6.92 Å². The van der Waals surface area contributed by atoms with Gasteiger partial charge in [0.15, 0.2) is 11.5 Å². The van der Waals surface area contributed by atoms with Crippen molar-refractivity contribution in [2.75, 3.05) is 31.6 Å². The number of anilines is 1. The molecule has 25 heavy (non-hydrogen) atoms. The van der Waals surface area contributed by atoms with Crippen LogP contribution in [0.2, 0.25) is 0 Å². The fraction of sp³-hybridized carbons (Fsp3) is 0.471. The maximum atomic E-state index is 13.3. The molecular weight excluding hydrogens is 331 g/mol. The second-order valence-corrected chi connectivity index (χ2v) is 6.14. The van der Waals surface area contributed by atoms with E-state index in [1.54, 1.807) is 18.3 Å². The van der Waals surface area contributed by atoms with Gasteiger partial charge in [0, 0.05) is 43.2 Å². The van der Waals surface area contributed by atoms with E-state index in [0.717, 1.165) is 19.0 Å². The highest BCUT2D eigenvalue weighted by Crippen LogP contribution is 2.32. The van der Waals surface area contributed by atoms with Gasteiger partial charge in [0.25, 0.3) is 0 Å². The lowest BCUT2D eigenvalue weighted by Crippen LogP contribution is -2.34. The van der Waals surface area contributed by atoms with Gasteiger partial charge in [-0.2, -0.15) is 13.2 Å². The molecule has 2 aromatic rings. The zero-order valence-corrected chi connectivity index (χ0v) is 14.2. The monoisotopic (exact) mass is 351 g/mol. The van der Waals surface area contributed by atoms with Crippen LogP contribution in [0, 0.1) is 0 Å². The first kappa shape index (κ1) is 17.6. The summed E-state index contributed by atoms with van der Waals surface area (Å²) < 4.78 is 39.8. The Morgan fingerprint density at radius 1 is 1.32 bits per heavy atom. The van der Waals surface area contributed by atoms with Crippen molar-refractivity contribution < 1.29 is 13.2 Å². The molecule has 3 heterocycles. The maximum Gasteiger partial charge on any atom is 0.433 e. The zero-order chi connectivity index (χ0) is 18.0. The SMILES string of the molecule is CCN(C)C1CCN(c2cc(C(F)(F)F)nc(-c3cccnc3)n2)C1. The third-order valence-corrected chi connectivity index (χ3v) is 4.53. The van der Waals surface area contributed by atoms with E-state index in [4.69, 9.17) is 0 Å². The molecule has 134 valence electrons. The summed E-state index contributed by atoms with van der Waals surface area (Å²) in [6.07, 6.45) is -0.591. The van der Waals surface area contributed by atoms with Crippen molar-refractivity contribution in [3.05, 3.63) is 36.3 Å². The van der Waals surface area contributed by atoms with Crippen LogP contribution in [-0.2, 0) is 6.18 Å². The van der Waals surface area contributed by atoms with Crippen LogP contribution in [0.3, 0.4) is 0 Å². The number of hydrogen-bond donors (Lipinski definition) is 0. The van der Waals surface area contributed by atoms with E-state index in [1.807, 2.05) is 11.9 Å². The lowest BCUT2D eigenvalue weighted by Gasteiger charge is -2.24. The lowest BCUT2D eigenvalue weighted by atomic mass is 10.2. The molecule has 0 bridgehead atoms. The van der Waals surface area contributed by atoms with E-state index >= 15 is 0 Å². The molecule has 1 atom stereocenters. The molecule has 3 rings (SSSR count). The van der Waals surface area contributed by atoms with Gasteiger partial charge in [-0.05, 0) is 32.1 Å². The molecule has 1 fully saturated rings. The topological polar surface area (TPSA) is 45.2 Å². The van der Waals surface area contributed by atoms with Crippen LogP contribution in [0.25, 0.3) is 11.4 Å². The molecule has 0 aliphatic carbocycles. The van der Waals surface area contributed by atoms with Gasteiger partial charge < -0.3 is 9.80 Å². The molecule has 1 aliphatic rings. The van der Waals surface area contributed by atoms with Gasteiger partial charge in [0.1, 0.15) is 5.82 Å². The number of nitrogens with zero attached hydrogens (tertiary/aromatic N) is 5. The summed E-state index contributed by atoms with van der Waals surface area (Å²) in [5.74, 6) is 0.360. The van der Waals surface area contributed by atoms with Gasteiger partial charge in [-0.15, -0.1) is 0 Å². The molecule has 1 unspecified atom stereocenters. The van der Waals surface area contributed by atoms with Crippen LogP contribution in [0.4, 0.5) is 19.0 Å². The average molecular weight is 351 g/mol. The number of hydrogen-bond acceptors (Lipinski definition) is 5. The van der Waals surface area contributed by atoms with E-state index in [9.17, 15) is 13.2 Å². The van der Waals surface area contributed by atoms with Crippen molar-refractivity contribution in [1.82, 2.24) is 19.9 Å². The van der Waals surface area contributed by atoms with Gasteiger partial charge in [-0.25, -0.2) is 9.97 Å². The first-order valence-corrected chi connectivity index (χ1v) is 8.20. The summed E-state index contributed by atoms with van der Waals surface area (Å²) in [4.78, 5) is 16.1. The summed E-state index contributed by atoms with van der Waals surface area (Å²) in [6, 6.07) is 4.66. The third kappa shape index (κ3) is 3.89. The Kier molecular flexibility index (Phi) is 4.89. The minimum atomic E-state index is -4.52. The zero-order valence-electron chi connectivity index (χ0n) is 14.2. The van der Waals surface area contributed by atoms with Crippen molar-refractivity contribution in [2.45, 2.75) is 25.6 Å². The molecule has 0 aromatic carbocycles. The smallest absolute Gasteiger partial charge is 0.355 e. The van der Waals surface area contributed by atoms with Crippen LogP contribution in [-0.4, -0.2) is 52.6 Å². The van der Waals surface area contributed by atoms with E-state index in [0.29, 0.717) is 30.5 Å². The Morgan fingerprint density at radius 2 is 2.12 bits per heavy atom.